The number of rotatable bonds is 0. The SMILES string of the molecule is Cn1ncc2c(ncn2C(=O)OC(C)(C)C)c1=O. The lowest BCUT2D eigenvalue weighted by Crippen LogP contribution is -2.27. The van der Waals surface area contributed by atoms with Crippen LogP contribution in [0.5, 0.6) is 0 Å². The molecule has 0 aromatic carbocycles. The Labute approximate surface area is 103 Å². The average Bonchev–Trinajstić information content (AvgIpc) is 2.65. The summed E-state index contributed by atoms with van der Waals surface area (Å²) in [5, 5.41) is 3.85. The predicted octanol–water partition coefficient (Wildman–Crippen LogP) is 0.913. The molecule has 18 heavy (non-hydrogen) atoms. The zero-order chi connectivity index (χ0) is 13.5. The highest BCUT2D eigenvalue weighted by molar-refractivity contribution is 5.85. The van der Waals surface area contributed by atoms with E-state index in [9.17, 15) is 9.59 Å². The van der Waals surface area contributed by atoms with E-state index in [1.807, 2.05) is 0 Å². The largest absolute Gasteiger partial charge is 0.443 e. The van der Waals surface area contributed by atoms with Crippen LogP contribution in [0.2, 0.25) is 0 Å². The van der Waals surface area contributed by atoms with E-state index in [0.717, 1.165) is 4.68 Å². The van der Waals surface area contributed by atoms with Gasteiger partial charge in [0.2, 0.25) is 0 Å². The Morgan fingerprint density at radius 3 is 2.67 bits per heavy atom. The fourth-order valence-electron chi connectivity index (χ4n) is 1.45. The van der Waals surface area contributed by atoms with Crippen molar-refractivity contribution in [3.8, 4) is 0 Å². The van der Waals surface area contributed by atoms with Crippen molar-refractivity contribution < 1.29 is 9.53 Å². The predicted molar refractivity (Wildman–Crippen MR) is 64.4 cm³/mol. The van der Waals surface area contributed by atoms with E-state index in [-0.39, 0.29) is 11.1 Å². The Balaban J connectivity index is 2.51. The van der Waals surface area contributed by atoms with Gasteiger partial charge in [0.15, 0.2) is 5.52 Å². The number of hydrogen-bond acceptors (Lipinski definition) is 5. The van der Waals surface area contributed by atoms with Crippen LogP contribution in [-0.4, -0.2) is 31.0 Å². The highest BCUT2D eigenvalue weighted by Crippen LogP contribution is 2.12. The average molecular weight is 250 g/mol. The van der Waals surface area contributed by atoms with E-state index >= 15 is 0 Å². The molecule has 96 valence electrons. The first kappa shape index (κ1) is 12.3. The van der Waals surface area contributed by atoms with Gasteiger partial charge >= 0.3 is 6.09 Å². The van der Waals surface area contributed by atoms with Gasteiger partial charge in [0.05, 0.1) is 6.20 Å². The molecule has 0 atom stereocenters. The number of fused-ring (bicyclic) bond motifs is 1. The lowest BCUT2D eigenvalue weighted by molar-refractivity contribution is 0.0543. The van der Waals surface area contributed by atoms with Crippen molar-refractivity contribution in [2.24, 2.45) is 7.05 Å². The van der Waals surface area contributed by atoms with E-state index in [4.69, 9.17) is 4.74 Å². The van der Waals surface area contributed by atoms with Crippen LogP contribution in [-0.2, 0) is 11.8 Å². The van der Waals surface area contributed by atoms with Crippen LogP contribution in [0.3, 0.4) is 0 Å². The maximum absolute atomic E-state index is 11.9. The molecule has 0 aliphatic heterocycles. The second-order valence-corrected chi connectivity index (χ2v) is 4.90. The van der Waals surface area contributed by atoms with Gasteiger partial charge in [-0.15, -0.1) is 0 Å². The summed E-state index contributed by atoms with van der Waals surface area (Å²) in [6.07, 6.45) is 2.09. The van der Waals surface area contributed by atoms with E-state index in [1.165, 1.54) is 24.1 Å². The molecule has 0 aliphatic rings. The summed E-state index contributed by atoms with van der Waals surface area (Å²) < 4.78 is 7.54. The second kappa shape index (κ2) is 3.94. The van der Waals surface area contributed by atoms with Crippen molar-refractivity contribution in [3.05, 3.63) is 22.9 Å². The quantitative estimate of drug-likeness (QED) is 0.694. The van der Waals surface area contributed by atoms with Gasteiger partial charge < -0.3 is 4.74 Å². The van der Waals surface area contributed by atoms with Crippen molar-refractivity contribution in [2.45, 2.75) is 26.4 Å². The molecule has 0 N–H and O–H groups in total. The Morgan fingerprint density at radius 1 is 1.39 bits per heavy atom. The molecule has 0 radical (unpaired) electrons. The molecule has 0 saturated heterocycles. The lowest BCUT2D eigenvalue weighted by atomic mass is 10.2. The summed E-state index contributed by atoms with van der Waals surface area (Å²) in [5.41, 5.74) is -0.429. The monoisotopic (exact) mass is 250 g/mol. The summed E-state index contributed by atoms with van der Waals surface area (Å²) in [5.74, 6) is 0. The van der Waals surface area contributed by atoms with Crippen molar-refractivity contribution in [1.82, 2.24) is 19.3 Å². The van der Waals surface area contributed by atoms with Crippen molar-refractivity contribution >= 4 is 17.1 Å². The minimum Gasteiger partial charge on any atom is -0.443 e. The standard InChI is InChI=1S/C11H14N4O3/c1-11(2,3)18-10(17)15-6-12-8-7(15)5-13-14(4)9(8)16/h5-6H,1-4H3. The summed E-state index contributed by atoms with van der Waals surface area (Å²) in [6, 6.07) is 0. The van der Waals surface area contributed by atoms with E-state index < -0.39 is 11.7 Å². The van der Waals surface area contributed by atoms with Crippen LogP contribution in [0.25, 0.3) is 11.0 Å². The van der Waals surface area contributed by atoms with E-state index in [2.05, 4.69) is 10.1 Å². The number of ether oxygens (including phenoxy) is 1. The molecule has 0 fully saturated rings. The minimum atomic E-state index is -0.610. The second-order valence-electron chi connectivity index (χ2n) is 4.90. The van der Waals surface area contributed by atoms with Crippen LogP contribution in [0.15, 0.2) is 17.3 Å². The smallest absolute Gasteiger partial charge is 0.420 e. The van der Waals surface area contributed by atoms with E-state index in [1.54, 1.807) is 20.8 Å². The summed E-state index contributed by atoms with van der Waals surface area (Å²) in [6.45, 7) is 5.30. The van der Waals surface area contributed by atoms with Crippen LogP contribution in [0, 0.1) is 0 Å². The molecule has 2 heterocycles. The van der Waals surface area contributed by atoms with Crippen LogP contribution < -0.4 is 5.56 Å². The molecule has 7 nitrogen and oxygen atoms in total. The number of nitrogens with zero attached hydrogens (tertiary/aromatic N) is 4. The van der Waals surface area contributed by atoms with E-state index in [0.29, 0.717) is 5.52 Å². The first-order valence-corrected chi connectivity index (χ1v) is 5.42. The van der Waals surface area contributed by atoms with Gasteiger partial charge in [-0.3, -0.25) is 4.79 Å². The topological polar surface area (TPSA) is 79.0 Å². The molecular weight excluding hydrogens is 236 g/mol. The van der Waals surface area contributed by atoms with Crippen LogP contribution in [0.1, 0.15) is 20.8 Å². The third-order valence-electron chi connectivity index (χ3n) is 2.24. The van der Waals surface area contributed by atoms with Gasteiger partial charge in [-0.1, -0.05) is 0 Å². The summed E-state index contributed by atoms with van der Waals surface area (Å²) in [4.78, 5) is 27.5. The van der Waals surface area contributed by atoms with Crippen LogP contribution in [0.4, 0.5) is 4.79 Å². The first-order valence-electron chi connectivity index (χ1n) is 5.42. The van der Waals surface area contributed by atoms with Gasteiger partial charge in [0.1, 0.15) is 17.4 Å². The molecule has 0 spiro atoms. The molecule has 0 unspecified atom stereocenters. The Hall–Kier alpha value is -2.18. The molecule has 2 aromatic heterocycles. The number of aromatic nitrogens is 4. The highest BCUT2D eigenvalue weighted by Gasteiger charge is 2.20. The van der Waals surface area contributed by atoms with Gasteiger partial charge in [0, 0.05) is 7.05 Å². The summed E-state index contributed by atoms with van der Waals surface area (Å²) >= 11 is 0. The summed E-state index contributed by atoms with van der Waals surface area (Å²) in [7, 11) is 1.52. The number of carbonyl (C=O) groups excluding carboxylic acids is 1. The fraction of sp³-hybridized carbons (Fsp3) is 0.455. The molecule has 0 bridgehead atoms. The van der Waals surface area contributed by atoms with Crippen molar-refractivity contribution in [1.29, 1.82) is 0 Å². The maximum atomic E-state index is 11.9. The van der Waals surface area contributed by atoms with Crippen molar-refractivity contribution in [2.75, 3.05) is 0 Å². The maximum Gasteiger partial charge on any atom is 0.420 e. The van der Waals surface area contributed by atoms with Gasteiger partial charge in [-0.25, -0.2) is 19.0 Å². The third-order valence-corrected chi connectivity index (χ3v) is 2.24. The van der Waals surface area contributed by atoms with Crippen LogP contribution >= 0.6 is 0 Å². The molecular formula is C11H14N4O3. The lowest BCUT2D eigenvalue weighted by Gasteiger charge is -2.19. The van der Waals surface area contributed by atoms with Crippen molar-refractivity contribution in [3.63, 3.8) is 0 Å². The zero-order valence-corrected chi connectivity index (χ0v) is 10.7. The highest BCUT2D eigenvalue weighted by atomic mass is 16.6. The zero-order valence-electron chi connectivity index (χ0n) is 10.7. The first-order chi connectivity index (χ1) is 8.29. The third kappa shape index (κ3) is 2.11. The number of carbonyl (C=O) groups is 1. The fourth-order valence-corrected chi connectivity index (χ4v) is 1.45. The van der Waals surface area contributed by atoms with Gasteiger partial charge in [-0.2, -0.15) is 5.10 Å². The number of aryl methyl sites for hydroxylation is 1. The number of imidazole rings is 1. The normalized spacial score (nSPS) is 11.8. The Bertz CT molecular complexity index is 663. The molecule has 0 saturated carbocycles. The van der Waals surface area contributed by atoms with Gasteiger partial charge in [0.25, 0.3) is 5.56 Å². The molecule has 0 aliphatic carbocycles. The van der Waals surface area contributed by atoms with Gasteiger partial charge in [-0.05, 0) is 20.8 Å². The Kier molecular flexibility index (Phi) is 2.68. The Morgan fingerprint density at radius 2 is 2.06 bits per heavy atom. The molecule has 2 rings (SSSR count). The number of hydrogen-bond donors (Lipinski definition) is 0. The minimum absolute atomic E-state index is 0.193. The molecule has 2 aromatic rings. The molecule has 0 amide bonds. The molecule has 7 heteroatoms.